The van der Waals surface area contributed by atoms with Gasteiger partial charge in [0.25, 0.3) is 0 Å². The van der Waals surface area contributed by atoms with E-state index in [1.165, 1.54) is 0 Å². The molecule has 1 aromatic heterocycles. The van der Waals surface area contributed by atoms with Crippen molar-refractivity contribution >= 4 is 11.6 Å². The lowest BCUT2D eigenvalue weighted by atomic mass is 10.2. The molecule has 1 heterocycles. The molecule has 0 saturated heterocycles. The van der Waals surface area contributed by atoms with Crippen LogP contribution in [0.4, 0.5) is 0 Å². The van der Waals surface area contributed by atoms with Crippen molar-refractivity contribution < 1.29 is 0 Å². The first-order valence-corrected chi connectivity index (χ1v) is 3.63. The second kappa shape index (κ2) is 2.97. The predicted octanol–water partition coefficient (Wildman–Crippen LogP) is 1.83. The van der Waals surface area contributed by atoms with Crippen LogP contribution in [-0.4, -0.2) is 10.2 Å². The van der Waals surface area contributed by atoms with Gasteiger partial charge in [-0.1, -0.05) is 0 Å². The molecule has 0 N–H and O–H groups in total. The Morgan fingerprint density at radius 1 is 1.40 bits per heavy atom. The van der Waals surface area contributed by atoms with Gasteiger partial charge in [0.1, 0.15) is 0 Å². The van der Waals surface area contributed by atoms with Gasteiger partial charge in [0, 0.05) is 5.88 Å². The van der Waals surface area contributed by atoms with Gasteiger partial charge >= 0.3 is 0 Å². The molecule has 1 rings (SSSR count). The zero-order chi connectivity index (χ0) is 7.56. The highest BCUT2D eigenvalue weighted by Gasteiger charge is 1.97. The van der Waals surface area contributed by atoms with Crippen molar-refractivity contribution in [2.24, 2.45) is 0 Å². The van der Waals surface area contributed by atoms with E-state index in [0.717, 1.165) is 17.0 Å². The molecule has 0 aromatic carbocycles. The zero-order valence-electron chi connectivity index (χ0n) is 6.06. The molecule has 1 aromatic rings. The summed E-state index contributed by atoms with van der Waals surface area (Å²) in [6.07, 6.45) is 0. The number of hydrogen-bond donors (Lipinski definition) is 0. The van der Waals surface area contributed by atoms with Crippen molar-refractivity contribution in [1.82, 2.24) is 10.2 Å². The molecule has 0 aliphatic rings. The lowest BCUT2D eigenvalue weighted by Gasteiger charge is -1.98. The number of hydrogen-bond acceptors (Lipinski definition) is 2. The Hall–Kier alpha value is -0.630. The molecule has 54 valence electrons. The van der Waals surface area contributed by atoms with Gasteiger partial charge in [0.05, 0.1) is 11.4 Å². The maximum Gasteiger partial charge on any atom is 0.0644 e. The molecule has 0 unspecified atom stereocenters. The Morgan fingerprint density at radius 3 is 2.60 bits per heavy atom. The molecule has 0 aliphatic heterocycles. The maximum absolute atomic E-state index is 5.64. The van der Waals surface area contributed by atoms with E-state index in [2.05, 4.69) is 10.2 Å². The number of alkyl halides is 1. The summed E-state index contributed by atoms with van der Waals surface area (Å²) in [4.78, 5) is 0. The van der Waals surface area contributed by atoms with E-state index in [0.29, 0.717) is 5.88 Å². The van der Waals surface area contributed by atoms with Gasteiger partial charge < -0.3 is 0 Å². The van der Waals surface area contributed by atoms with Crippen LogP contribution in [0.5, 0.6) is 0 Å². The van der Waals surface area contributed by atoms with Gasteiger partial charge in [0.2, 0.25) is 0 Å². The fourth-order valence-corrected chi connectivity index (χ4v) is 1.01. The summed E-state index contributed by atoms with van der Waals surface area (Å²) < 4.78 is 0. The van der Waals surface area contributed by atoms with E-state index in [4.69, 9.17) is 11.6 Å². The van der Waals surface area contributed by atoms with Crippen LogP contribution in [-0.2, 0) is 5.88 Å². The standard InChI is InChI=1S/C7H9ClN2/c1-5-3-7(4-8)6(2)10-9-5/h3H,4H2,1-2H3. The number of aryl methyl sites for hydroxylation is 2. The van der Waals surface area contributed by atoms with Crippen LogP contribution in [0.1, 0.15) is 17.0 Å². The summed E-state index contributed by atoms with van der Waals surface area (Å²) in [6.45, 7) is 3.81. The molecular weight excluding hydrogens is 148 g/mol. The van der Waals surface area contributed by atoms with Crippen LogP contribution in [0, 0.1) is 13.8 Å². The second-order valence-corrected chi connectivity index (χ2v) is 2.50. The summed E-state index contributed by atoms with van der Waals surface area (Å²) in [5.74, 6) is 0.516. The SMILES string of the molecule is Cc1cc(CCl)c(C)nn1. The molecule has 10 heavy (non-hydrogen) atoms. The number of aromatic nitrogens is 2. The molecule has 0 atom stereocenters. The molecule has 0 aliphatic carbocycles. The molecule has 0 amide bonds. The molecule has 0 spiro atoms. The van der Waals surface area contributed by atoms with Crippen molar-refractivity contribution in [2.45, 2.75) is 19.7 Å². The Balaban J connectivity index is 3.09. The first kappa shape index (κ1) is 7.48. The monoisotopic (exact) mass is 156 g/mol. The summed E-state index contributed by atoms with van der Waals surface area (Å²) in [7, 11) is 0. The van der Waals surface area contributed by atoms with E-state index in [1.807, 2.05) is 19.9 Å². The van der Waals surface area contributed by atoms with Crippen LogP contribution in [0.25, 0.3) is 0 Å². The Kier molecular flexibility index (Phi) is 2.22. The van der Waals surface area contributed by atoms with E-state index in [1.54, 1.807) is 0 Å². The van der Waals surface area contributed by atoms with E-state index < -0.39 is 0 Å². The van der Waals surface area contributed by atoms with Crippen molar-refractivity contribution in [3.05, 3.63) is 23.0 Å². The normalized spacial score (nSPS) is 9.90. The van der Waals surface area contributed by atoms with Crippen LogP contribution in [0.2, 0.25) is 0 Å². The van der Waals surface area contributed by atoms with E-state index >= 15 is 0 Å². The van der Waals surface area contributed by atoms with Crippen molar-refractivity contribution in [2.75, 3.05) is 0 Å². The molecule has 2 nitrogen and oxygen atoms in total. The minimum Gasteiger partial charge on any atom is -0.156 e. The molecule has 0 bridgehead atoms. The van der Waals surface area contributed by atoms with Crippen molar-refractivity contribution in [3.63, 3.8) is 0 Å². The van der Waals surface area contributed by atoms with E-state index in [9.17, 15) is 0 Å². The Labute approximate surface area is 65.2 Å². The highest BCUT2D eigenvalue weighted by Crippen LogP contribution is 2.07. The quantitative estimate of drug-likeness (QED) is 0.580. The molecule has 0 fully saturated rings. The predicted molar refractivity (Wildman–Crippen MR) is 41.1 cm³/mol. The Bertz CT molecular complexity index is 235. The third-order valence-corrected chi connectivity index (χ3v) is 1.64. The van der Waals surface area contributed by atoms with Crippen molar-refractivity contribution in [1.29, 1.82) is 0 Å². The summed E-state index contributed by atoms with van der Waals surface area (Å²) >= 11 is 5.64. The average Bonchev–Trinajstić information content (AvgIpc) is 1.94. The second-order valence-electron chi connectivity index (χ2n) is 2.23. The van der Waals surface area contributed by atoms with Crippen LogP contribution in [0.15, 0.2) is 6.07 Å². The zero-order valence-corrected chi connectivity index (χ0v) is 6.81. The molecule has 0 radical (unpaired) electrons. The molecule has 3 heteroatoms. The van der Waals surface area contributed by atoms with Gasteiger partial charge in [-0.25, -0.2) is 0 Å². The third kappa shape index (κ3) is 1.45. The minimum absolute atomic E-state index is 0.516. The number of halogens is 1. The fourth-order valence-electron chi connectivity index (χ4n) is 0.739. The highest BCUT2D eigenvalue weighted by atomic mass is 35.5. The van der Waals surface area contributed by atoms with E-state index in [-0.39, 0.29) is 0 Å². The maximum atomic E-state index is 5.64. The highest BCUT2D eigenvalue weighted by molar-refractivity contribution is 6.17. The van der Waals surface area contributed by atoms with Gasteiger partial charge in [-0.15, -0.1) is 11.6 Å². The largest absolute Gasteiger partial charge is 0.156 e. The summed E-state index contributed by atoms with van der Waals surface area (Å²) in [5.41, 5.74) is 2.90. The van der Waals surface area contributed by atoms with Crippen LogP contribution >= 0.6 is 11.6 Å². The Morgan fingerprint density at radius 2 is 2.10 bits per heavy atom. The smallest absolute Gasteiger partial charge is 0.0644 e. The number of nitrogens with zero attached hydrogens (tertiary/aromatic N) is 2. The summed E-state index contributed by atoms with van der Waals surface area (Å²) in [6, 6.07) is 1.95. The lowest BCUT2D eigenvalue weighted by Crippen LogP contribution is -1.94. The van der Waals surface area contributed by atoms with Gasteiger partial charge in [0.15, 0.2) is 0 Å². The first-order valence-electron chi connectivity index (χ1n) is 3.10. The summed E-state index contributed by atoms with van der Waals surface area (Å²) in [5, 5.41) is 7.79. The molecule has 0 saturated carbocycles. The van der Waals surface area contributed by atoms with Gasteiger partial charge in [-0.2, -0.15) is 10.2 Å². The van der Waals surface area contributed by atoms with Gasteiger partial charge in [-0.05, 0) is 25.5 Å². The topological polar surface area (TPSA) is 25.8 Å². The van der Waals surface area contributed by atoms with Crippen LogP contribution in [0.3, 0.4) is 0 Å². The first-order chi connectivity index (χ1) is 4.74. The number of rotatable bonds is 1. The third-order valence-electron chi connectivity index (χ3n) is 1.35. The van der Waals surface area contributed by atoms with Crippen LogP contribution < -0.4 is 0 Å². The molecular formula is C7H9ClN2. The lowest BCUT2D eigenvalue weighted by molar-refractivity contribution is 0.920. The van der Waals surface area contributed by atoms with Gasteiger partial charge in [-0.3, -0.25) is 0 Å². The fraction of sp³-hybridized carbons (Fsp3) is 0.429. The van der Waals surface area contributed by atoms with Crippen molar-refractivity contribution in [3.8, 4) is 0 Å². The minimum atomic E-state index is 0.516. The average molecular weight is 157 g/mol.